The van der Waals surface area contributed by atoms with Gasteiger partial charge in [0.05, 0.1) is 5.52 Å². The molecule has 0 spiro atoms. The lowest BCUT2D eigenvalue weighted by molar-refractivity contribution is 0.555. The van der Waals surface area contributed by atoms with Crippen LogP contribution in [-0.4, -0.2) is 17.4 Å². The standard InChI is InChI=1S/C10H12N2O2S/c13-10-12-8-5-7(3-4-11-6-15)1-2-9(8)14-10/h1-2,5,11,15H,3-4,6H2,(H,12,13). The van der Waals surface area contributed by atoms with Gasteiger partial charge in [-0.3, -0.25) is 4.98 Å². The van der Waals surface area contributed by atoms with E-state index in [1.165, 1.54) is 0 Å². The van der Waals surface area contributed by atoms with Gasteiger partial charge in [0, 0.05) is 5.88 Å². The Morgan fingerprint density at radius 2 is 2.33 bits per heavy atom. The van der Waals surface area contributed by atoms with E-state index in [0.29, 0.717) is 11.5 Å². The Morgan fingerprint density at radius 3 is 3.13 bits per heavy atom. The zero-order chi connectivity index (χ0) is 10.7. The van der Waals surface area contributed by atoms with Crippen molar-refractivity contribution in [2.45, 2.75) is 6.42 Å². The van der Waals surface area contributed by atoms with E-state index < -0.39 is 5.76 Å². The quantitative estimate of drug-likeness (QED) is 0.414. The summed E-state index contributed by atoms with van der Waals surface area (Å²) >= 11 is 4.06. The minimum Gasteiger partial charge on any atom is -0.408 e. The van der Waals surface area contributed by atoms with Gasteiger partial charge >= 0.3 is 5.76 Å². The predicted octanol–water partition coefficient (Wildman–Crippen LogP) is 1.14. The van der Waals surface area contributed by atoms with Gasteiger partial charge < -0.3 is 9.73 Å². The maximum atomic E-state index is 10.9. The monoisotopic (exact) mass is 224 g/mol. The molecule has 1 aromatic carbocycles. The van der Waals surface area contributed by atoms with Crippen LogP contribution in [0, 0.1) is 0 Å². The fraction of sp³-hybridized carbons (Fsp3) is 0.300. The molecule has 0 radical (unpaired) electrons. The second-order valence-electron chi connectivity index (χ2n) is 3.25. The van der Waals surface area contributed by atoms with E-state index in [1.54, 1.807) is 0 Å². The van der Waals surface area contributed by atoms with E-state index >= 15 is 0 Å². The van der Waals surface area contributed by atoms with Crippen molar-refractivity contribution in [3.8, 4) is 0 Å². The number of H-pyrrole nitrogens is 1. The van der Waals surface area contributed by atoms with Crippen molar-refractivity contribution in [3.63, 3.8) is 0 Å². The number of aromatic nitrogens is 1. The lowest BCUT2D eigenvalue weighted by Crippen LogP contribution is -2.14. The molecular formula is C10H12N2O2S. The van der Waals surface area contributed by atoms with Crippen LogP contribution in [0.1, 0.15) is 5.56 Å². The lowest BCUT2D eigenvalue weighted by Gasteiger charge is -2.01. The van der Waals surface area contributed by atoms with Gasteiger partial charge in [-0.15, -0.1) is 0 Å². The van der Waals surface area contributed by atoms with Gasteiger partial charge in [0.15, 0.2) is 5.58 Å². The summed E-state index contributed by atoms with van der Waals surface area (Å²) < 4.78 is 4.91. The fourth-order valence-corrected chi connectivity index (χ4v) is 1.62. The number of hydrogen-bond acceptors (Lipinski definition) is 4. The molecule has 2 aromatic rings. The van der Waals surface area contributed by atoms with Crippen LogP contribution in [0.4, 0.5) is 0 Å². The summed E-state index contributed by atoms with van der Waals surface area (Å²) in [5.74, 6) is 0.265. The van der Waals surface area contributed by atoms with Gasteiger partial charge in [0.2, 0.25) is 0 Å². The molecule has 2 N–H and O–H groups in total. The number of rotatable bonds is 4. The normalized spacial score (nSPS) is 11.0. The average Bonchev–Trinajstić information content (AvgIpc) is 2.57. The molecule has 0 bridgehead atoms. The van der Waals surface area contributed by atoms with Crippen LogP contribution in [0.25, 0.3) is 11.1 Å². The maximum absolute atomic E-state index is 10.9. The van der Waals surface area contributed by atoms with Gasteiger partial charge in [0.25, 0.3) is 0 Å². The highest BCUT2D eigenvalue weighted by Crippen LogP contribution is 2.12. The van der Waals surface area contributed by atoms with Crippen molar-refractivity contribution in [2.24, 2.45) is 0 Å². The van der Waals surface area contributed by atoms with E-state index in [2.05, 4.69) is 22.9 Å². The summed E-state index contributed by atoms with van der Waals surface area (Å²) in [6.07, 6.45) is 0.906. The van der Waals surface area contributed by atoms with Crippen LogP contribution in [-0.2, 0) is 6.42 Å². The number of nitrogens with one attached hydrogen (secondary N) is 2. The van der Waals surface area contributed by atoms with E-state index in [-0.39, 0.29) is 0 Å². The predicted molar refractivity (Wildman–Crippen MR) is 62.4 cm³/mol. The Morgan fingerprint density at radius 1 is 1.47 bits per heavy atom. The summed E-state index contributed by atoms with van der Waals surface area (Å²) in [6.45, 7) is 0.872. The highest BCUT2D eigenvalue weighted by atomic mass is 32.1. The zero-order valence-electron chi connectivity index (χ0n) is 8.12. The number of oxazole rings is 1. The average molecular weight is 224 g/mol. The number of thiol groups is 1. The molecule has 15 heavy (non-hydrogen) atoms. The van der Waals surface area contributed by atoms with Crippen molar-refractivity contribution in [3.05, 3.63) is 34.3 Å². The third kappa shape index (κ3) is 2.43. The number of fused-ring (bicyclic) bond motifs is 1. The van der Waals surface area contributed by atoms with Gasteiger partial charge in [-0.25, -0.2) is 4.79 Å². The Hall–Kier alpha value is -1.20. The van der Waals surface area contributed by atoms with Crippen LogP contribution in [0.2, 0.25) is 0 Å². The molecule has 0 aliphatic carbocycles. The second-order valence-corrected chi connectivity index (χ2v) is 3.57. The van der Waals surface area contributed by atoms with Crippen LogP contribution in [0.15, 0.2) is 27.4 Å². The first kappa shape index (κ1) is 10.3. The van der Waals surface area contributed by atoms with E-state index in [4.69, 9.17) is 4.42 Å². The molecule has 2 rings (SSSR count). The molecule has 0 amide bonds. The summed E-state index contributed by atoms with van der Waals surface area (Å²) in [4.78, 5) is 13.5. The number of aromatic amines is 1. The molecule has 1 aromatic heterocycles. The third-order valence-corrected chi connectivity index (χ3v) is 2.41. The summed E-state index contributed by atoms with van der Waals surface area (Å²) in [7, 11) is 0. The van der Waals surface area contributed by atoms with Crippen molar-refractivity contribution < 1.29 is 4.42 Å². The third-order valence-electron chi connectivity index (χ3n) is 2.19. The summed E-state index contributed by atoms with van der Waals surface area (Å²) in [5.41, 5.74) is 2.52. The van der Waals surface area contributed by atoms with Gasteiger partial charge in [0.1, 0.15) is 0 Å². The van der Waals surface area contributed by atoms with Gasteiger partial charge in [-0.2, -0.15) is 12.6 Å². The SMILES string of the molecule is O=c1[nH]c2cc(CCNCS)ccc2o1. The molecule has 0 unspecified atom stereocenters. The Labute approximate surface area is 92.1 Å². The van der Waals surface area contributed by atoms with Crippen molar-refractivity contribution in [1.29, 1.82) is 0 Å². The topological polar surface area (TPSA) is 58.0 Å². The molecule has 0 fully saturated rings. The zero-order valence-corrected chi connectivity index (χ0v) is 9.01. The maximum Gasteiger partial charge on any atom is 0.417 e. The lowest BCUT2D eigenvalue weighted by atomic mass is 10.1. The second kappa shape index (κ2) is 4.55. The Balaban J connectivity index is 2.19. The molecule has 0 aliphatic rings. The van der Waals surface area contributed by atoms with Crippen LogP contribution >= 0.6 is 12.6 Å². The molecule has 0 saturated carbocycles. The molecule has 0 atom stereocenters. The first-order valence-corrected chi connectivity index (χ1v) is 5.36. The van der Waals surface area contributed by atoms with E-state index in [1.807, 2.05) is 18.2 Å². The fourth-order valence-electron chi connectivity index (χ4n) is 1.47. The summed E-state index contributed by atoms with van der Waals surface area (Å²) in [5, 5.41) is 3.12. The molecule has 4 nitrogen and oxygen atoms in total. The highest BCUT2D eigenvalue weighted by Gasteiger charge is 2.01. The minimum atomic E-state index is -0.407. The molecule has 5 heteroatoms. The minimum absolute atomic E-state index is 0.407. The van der Waals surface area contributed by atoms with Crippen LogP contribution in [0.3, 0.4) is 0 Å². The van der Waals surface area contributed by atoms with Gasteiger partial charge in [-0.05, 0) is 30.7 Å². The smallest absolute Gasteiger partial charge is 0.408 e. The van der Waals surface area contributed by atoms with Crippen molar-refractivity contribution in [2.75, 3.05) is 12.4 Å². The molecule has 0 aliphatic heterocycles. The van der Waals surface area contributed by atoms with E-state index in [0.717, 1.165) is 24.0 Å². The molecule has 0 saturated heterocycles. The molecular weight excluding hydrogens is 212 g/mol. The largest absolute Gasteiger partial charge is 0.417 e. The van der Waals surface area contributed by atoms with Crippen LogP contribution < -0.4 is 11.1 Å². The number of benzene rings is 1. The summed E-state index contributed by atoms with van der Waals surface area (Å²) in [6, 6.07) is 5.70. The number of hydrogen-bond donors (Lipinski definition) is 3. The van der Waals surface area contributed by atoms with Crippen molar-refractivity contribution in [1.82, 2.24) is 10.3 Å². The first-order valence-electron chi connectivity index (χ1n) is 4.73. The molecule has 1 heterocycles. The van der Waals surface area contributed by atoms with Gasteiger partial charge in [-0.1, -0.05) is 6.07 Å². The highest BCUT2D eigenvalue weighted by molar-refractivity contribution is 7.80. The molecule has 80 valence electrons. The van der Waals surface area contributed by atoms with E-state index in [9.17, 15) is 4.79 Å². The van der Waals surface area contributed by atoms with Crippen molar-refractivity contribution >= 4 is 23.7 Å². The first-order chi connectivity index (χ1) is 7.29. The Kier molecular flexibility index (Phi) is 3.13. The van der Waals surface area contributed by atoms with Crippen LogP contribution in [0.5, 0.6) is 0 Å². The Bertz CT molecular complexity index is 503.